The summed E-state index contributed by atoms with van der Waals surface area (Å²) >= 11 is 13.6. The average molecular weight is 412 g/mol. The van der Waals surface area contributed by atoms with Crippen LogP contribution in [0.4, 0.5) is 4.39 Å². The molecule has 0 saturated carbocycles. The molecule has 0 atom stereocenters. The summed E-state index contributed by atoms with van der Waals surface area (Å²) in [6, 6.07) is 10.00. The standard InChI is InChI=1S/C18H16Cl2FN3OS/c1-3-24-17(12-9-11(19)7-8-16(12)25-2)22-23-18(24)26-10-13-14(20)5-4-6-15(13)21/h4-9H,3,10H2,1-2H3. The van der Waals surface area contributed by atoms with Crippen LogP contribution < -0.4 is 4.74 Å². The van der Waals surface area contributed by atoms with Gasteiger partial charge in [0.25, 0.3) is 0 Å². The number of nitrogens with zero attached hydrogens (tertiary/aromatic N) is 3. The van der Waals surface area contributed by atoms with Gasteiger partial charge < -0.3 is 9.30 Å². The maximum Gasteiger partial charge on any atom is 0.191 e. The molecule has 2 aromatic carbocycles. The Morgan fingerprint density at radius 2 is 2.00 bits per heavy atom. The molecule has 0 aliphatic heterocycles. The molecular weight excluding hydrogens is 396 g/mol. The van der Waals surface area contributed by atoms with Crippen molar-refractivity contribution in [2.75, 3.05) is 7.11 Å². The molecule has 136 valence electrons. The highest BCUT2D eigenvalue weighted by atomic mass is 35.5. The Kier molecular flexibility index (Phi) is 6.06. The van der Waals surface area contributed by atoms with E-state index in [4.69, 9.17) is 27.9 Å². The van der Waals surface area contributed by atoms with Crippen LogP contribution in [-0.2, 0) is 12.3 Å². The van der Waals surface area contributed by atoms with Crippen LogP contribution in [0.2, 0.25) is 10.0 Å². The van der Waals surface area contributed by atoms with Gasteiger partial charge in [0.1, 0.15) is 11.6 Å². The summed E-state index contributed by atoms with van der Waals surface area (Å²) in [7, 11) is 1.59. The molecule has 4 nitrogen and oxygen atoms in total. The van der Waals surface area contributed by atoms with E-state index in [0.717, 1.165) is 5.56 Å². The highest BCUT2D eigenvalue weighted by Gasteiger charge is 2.18. The molecule has 0 N–H and O–H groups in total. The molecule has 0 aliphatic carbocycles. The van der Waals surface area contributed by atoms with E-state index in [9.17, 15) is 4.39 Å². The van der Waals surface area contributed by atoms with Crippen LogP contribution in [0.15, 0.2) is 41.6 Å². The fourth-order valence-corrected chi connectivity index (χ4v) is 4.06. The number of benzene rings is 2. The number of halogens is 3. The van der Waals surface area contributed by atoms with Gasteiger partial charge in [-0.25, -0.2) is 4.39 Å². The van der Waals surface area contributed by atoms with Gasteiger partial charge in [-0.1, -0.05) is 41.0 Å². The van der Waals surface area contributed by atoms with Gasteiger partial charge in [-0.3, -0.25) is 0 Å². The zero-order chi connectivity index (χ0) is 18.7. The topological polar surface area (TPSA) is 39.9 Å². The largest absolute Gasteiger partial charge is 0.496 e. The SMILES string of the molecule is CCn1c(SCc2c(F)cccc2Cl)nnc1-c1cc(Cl)ccc1OC. The highest BCUT2D eigenvalue weighted by Crippen LogP contribution is 2.34. The third-order valence-electron chi connectivity index (χ3n) is 3.84. The molecule has 0 fully saturated rings. The summed E-state index contributed by atoms with van der Waals surface area (Å²) < 4.78 is 21.3. The number of hydrogen-bond acceptors (Lipinski definition) is 4. The molecule has 0 radical (unpaired) electrons. The molecular formula is C18H16Cl2FN3OS. The van der Waals surface area contributed by atoms with Crippen molar-refractivity contribution in [2.45, 2.75) is 24.4 Å². The molecule has 1 aromatic heterocycles. The van der Waals surface area contributed by atoms with Gasteiger partial charge in [0, 0.05) is 27.9 Å². The van der Waals surface area contributed by atoms with Crippen LogP contribution in [-0.4, -0.2) is 21.9 Å². The monoisotopic (exact) mass is 411 g/mol. The van der Waals surface area contributed by atoms with Crippen molar-refractivity contribution in [1.82, 2.24) is 14.8 Å². The number of rotatable bonds is 6. The van der Waals surface area contributed by atoms with Gasteiger partial charge in [0.05, 0.1) is 12.7 Å². The van der Waals surface area contributed by atoms with Crippen LogP contribution >= 0.6 is 35.0 Å². The number of thioether (sulfide) groups is 1. The Bertz CT molecular complexity index is 913. The molecule has 26 heavy (non-hydrogen) atoms. The van der Waals surface area contributed by atoms with Gasteiger partial charge >= 0.3 is 0 Å². The lowest BCUT2D eigenvalue weighted by molar-refractivity contribution is 0.416. The minimum atomic E-state index is -0.329. The van der Waals surface area contributed by atoms with E-state index in [2.05, 4.69) is 10.2 Å². The second kappa shape index (κ2) is 8.29. The molecule has 0 bridgehead atoms. The molecule has 8 heteroatoms. The second-order valence-electron chi connectivity index (χ2n) is 5.38. The first-order chi connectivity index (χ1) is 12.5. The Hall–Kier alpha value is -1.76. The zero-order valence-electron chi connectivity index (χ0n) is 14.2. The van der Waals surface area contributed by atoms with Gasteiger partial charge in [-0.15, -0.1) is 10.2 Å². The second-order valence-corrected chi connectivity index (χ2v) is 7.17. The Balaban J connectivity index is 1.93. The molecule has 0 aliphatic rings. The molecule has 0 amide bonds. The Morgan fingerprint density at radius 1 is 1.19 bits per heavy atom. The Labute approximate surface area is 165 Å². The van der Waals surface area contributed by atoms with Crippen molar-refractivity contribution < 1.29 is 9.13 Å². The number of ether oxygens (including phenoxy) is 1. The van der Waals surface area contributed by atoms with E-state index in [-0.39, 0.29) is 5.82 Å². The third kappa shape index (κ3) is 3.82. The first kappa shape index (κ1) is 19.0. The number of methoxy groups -OCH3 is 1. The van der Waals surface area contributed by atoms with Crippen molar-refractivity contribution in [2.24, 2.45) is 0 Å². The quantitative estimate of drug-likeness (QED) is 0.486. The normalized spacial score (nSPS) is 11.0. The molecule has 1 heterocycles. The minimum absolute atomic E-state index is 0.329. The van der Waals surface area contributed by atoms with Crippen LogP contribution in [0.25, 0.3) is 11.4 Å². The van der Waals surface area contributed by atoms with Gasteiger partial charge in [-0.05, 0) is 37.3 Å². The van der Waals surface area contributed by atoms with E-state index in [1.807, 2.05) is 11.5 Å². The maximum absolute atomic E-state index is 14.0. The summed E-state index contributed by atoms with van der Waals surface area (Å²) in [6.45, 7) is 2.63. The lowest BCUT2D eigenvalue weighted by Crippen LogP contribution is -2.01. The summed E-state index contributed by atoms with van der Waals surface area (Å²) in [6.07, 6.45) is 0. The van der Waals surface area contributed by atoms with Crippen molar-refractivity contribution in [3.8, 4) is 17.1 Å². The van der Waals surface area contributed by atoms with Crippen molar-refractivity contribution in [3.63, 3.8) is 0 Å². The summed E-state index contributed by atoms with van der Waals surface area (Å²) in [5.74, 6) is 1.33. The van der Waals surface area contributed by atoms with Crippen molar-refractivity contribution in [3.05, 3.63) is 57.8 Å². The van der Waals surface area contributed by atoms with E-state index in [1.54, 1.807) is 37.4 Å². The third-order valence-corrected chi connectivity index (χ3v) is 5.43. The van der Waals surface area contributed by atoms with Crippen molar-refractivity contribution >= 4 is 35.0 Å². The maximum atomic E-state index is 14.0. The first-order valence-corrected chi connectivity index (χ1v) is 9.62. The minimum Gasteiger partial charge on any atom is -0.496 e. The van der Waals surface area contributed by atoms with Crippen LogP contribution in [0.5, 0.6) is 5.75 Å². The van der Waals surface area contributed by atoms with Crippen LogP contribution in [0.3, 0.4) is 0 Å². The molecule has 3 rings (SSSR count). The lowest BCUT2D eigenvalue weighted by atomic mass is 10.2. The predicted octanol–water partition coefficient (Wildman–Crippen LogP) is 5.71. The van der Waals surface area contributed by atoms with Crippen molar-refractivity contribution in [1.29, 1.82) is 0 Å². The lowest BCUT2D eigenvalue weighted by Gasteiger charge is -2.11. The van der Waals surface area contributed by atoms with Crippen LogP contribution in [0.1, 0.15) is 12.5 Å². The van der Waals surface area contributed by atoms with E-state index >= 15 is 0 Å². The smallest absolute Gasteiger partial charge is 0.191 e. The fraction of sp³-hybridized carbons (Fsp3) is 0.222. The zero-order valence-corrected chi connectivity index (χ0v) is 16.5. The van der Waals surface area contributed by atoms with Gasteiger partial charge in [0.15, 0.2) is 11.0 Å². The molecule has 0 unspecified atom stereocenters. The summed E-state index contributed by atoms with van der Waals surface area (Å²) in [5, 5.41) is 10.2. The highest BCUT2D eigenvalue weighted by molar-refractivity contribution is 7.98. The van der Waals surface area contributed by atoms with Gasteiger partial charge in [-0.2, -0.15) is 0 Å². The predicted molar refractivity (Wildman–Crippen MR) is 104 cm³/mol. The van der Waals surface area contributed by atoms with E-state index in [1.165, 1.54) is 17.8 Å². The Morgan fingerprint density at radius 3 is 2.69 bits per heavy atom. The first-order valence-electron chi connectivity index (χ1n) is 7.88. The van der Waals surface area contributed by atoms with E-state index < -0.39 is 0 Å². The van der Waals surface area contributed by atoms with Gasteiger partial charge in [0.2, 0.25) is 0 Å². The molecule has 0 spiro atoms. The molecule has 0 saturated heterocycles. The fourth-order valence-electron chi connectivity index (χ4n) is 2.54. The summed E-state index contributed by atoms with van der Waals surface area (Å²) in [4.78, 5) is 0. The van der Waals surface area contributed by atoms with Crippen LogP contribution in [0, 0.1) is 5.82 Å². The average Bonchev–Trinajstić information content (AvgIpc) is 3.04. The molecule has 3 aromatic rings. The summed E-state index contributed by atoms with van der Waals surface area (Å²) in [5.41, 5.74) is 1.21. The van der Waals surface area contributed by atoms with E-state index in [0.29, 0.717) is 44.6 Å². The number of aromatic nitrogens is 3. The number of hydrogen-bond donors (Lipinski definition) is 0.